The van der Waals surface area contributed by atoms with Crippen LogP contribution in [0.5, 0.6) is 0 Å². The molecule has 2 atom stereocenters. The molecule has 1 aromatic carbocycles. The fraction of sp³-hybridized carbons (Fsp3) is 0.556. The number of hydrogen-bond donors (Lipinski definition) is 0. The zero-order valence-corrected chi connectivity index (χ0v) is 13.0. The molecular formula is C18H28O2. The van der Waals surface area contributed by atoms with Gasteiger partial charge in [-0.2, -0.15) is 0 Å². The monoisotopic (exact) mass is 276 g/mol. The molecule has 0 saturated heterocycles. The Hall–Kier alpha value is -1.28. The van der Waals surface area contributed by atoms with Crippen LogP contribution < -0.4 is 0 Å². The van der Waals surface area contributed by atoms with Crippen molar-refractivity contribution in [3.05, 3.63) is 42.2 Å². The standard InChI is InChI=1S/C18H28O2/c1-4-6-10-17(5-2)15-20-16(3)19-14-13-18-11-8-7-9-12-18/h7-9,11-14,16-17H,4-6,10,15H2,1-3H3. The van der Waals surface area contributed by atoms with E-state index in [1.54, 1.807) is 6.26 Å². The second-order valence-corrected chi connectivity index (χ2v) is 5.17. The molecule has 0 aliphatic rings. The lowest BCUT2D eigenvalue weighted by Gasteiger charge is -2.18. The summed E-state index contributed by atoms with van der Waals surface area (Å²) in [5.41, 5.74) is 1.13. The lowest BCUT2D eigenvalue weighted by Crippen LogP contribution is -2.16. The van der Waals surface area contributed by atoms with Crippen LogP contribution in [-0.2, 0) is 9.47 Å². The molecule has 0 aromatic heterocycles. The molecule has 0 heterocycles. The molecule has 0 amide bonds. The van der Waals surface area contributed by atoms with Crippen molar-refractivity contribution in [1.82, 2.24) is 0 Å². The second-order valence-electron chi connectivity index (χ2n) is 5.17. The van der Waals surface area contributed by atoms with Crippen LogP contribution in [0.4, 0.5) is 0 Å². The Morgan fingerprint density at radius 3 is 2.55 bits per heavy atom. The van der Waals surface area contributed by atoms with Crippen molar-refractivity contribution in [2.75, 3.05) is 6.61 Å². The summed E-state index contributed by atoms with van der Waals surface area (Å²) in [6, 6.07) is 10.1. The van der Waals surface area contributed by atoms with Gasteiger partial charge in [0.05, 0.1) is 12.9 Å². The number of benzene rings is 1. The molecular weight excluding hydrogens is 248 g/mol. The average Bonchev–Trinajstić information content (AvgIpc) is 2.48. The van der Waals surface area contributed by atoms with Crippen molar-refractivity contribution in [3.8, 4) is 0 Å². The first-order valence-electron chi connectivity index (χ1n) is 7.74. The van der Waals surface area contributed by atoms with E-state index in [1.165, 1.54) is 25.7 Å². The summed E-state index contributed by atoms with van der Waals surface area (Å²) in [4.78, 5) is 0. The first-order valence-corrected chi connectivity index (χ1v) is 7.74. The molecule has 0 radical (unpaired) electrons. The molecule has 20 heavy (non-hydrogen) atoms. The third-order valence-electron chi connectivity index (χ3n) is 3.44. The minimum Gasteiger partial charge on any atom is -0.473 e. The smallest absolute Gasteiger partial charge is 0.196 e. The second kappa shape index (κ2) is 10.5. The van der Waals surface area contributed by atoms with Crippen LogP contribution in [0.1, 0.15) is 52.0 Å². The van der Waals surface area contributed by atoms with E-state index in [2.05, 4.69) is 13.8 Å². The summed E-state index contributed by atoms with van der Waals surface area (Å²) in [6.07, 6.45) is 8.44. The van der Waals surface area contributed by atoms with Gasteiger partial charge < -0.3 is 9.47 Å². The third kappa shape index (κ3) is 7.34. The van der Waals surface area contributed by atoms with Crippen LogP contribution in [0.15, 0.2) is 36.6 Å². The van der Waals surface area contributed by atoms with Crippen LogP contribution in [0.25, 0.3) is 6.08 Å². The van der Waals surface area contributed by atoms with E-state index < -0.39 is 0 Å². The maximum atomic E-state index is 5.76. The lowest BCUT2D eigenvalue weighted by atomic mass is 10.0. The van der Waals surface area contributed by atoms with Crippen LogP contribution in [0.3, 0.4) is 0 Å². The maximum absolute atomic E-state index is 5.76. The highest BCUT2D eigenvalue weighted by Crippen LogP contribution is 2.14. The molecule has 0 fully saturated rings. The predicted octanol–water partition coefficient (Wildman–Crippen LogP) is 5.25. The van der Waals surface area contributed by atoms with Gasteiger partial charge in [0.2, 0.25) is 0 Å². The van der Waals surface area contributed by atoms with Gasteiger partial charge in [-0.1, -0.05) is 63.4 Å². The summed E-state index contributed by atoms with van der Waals surface area (Å²) >= 11 is 0. The highest BCUT2D eigenvalue weighted by molar-refractivity contribution is 5.47. The number of unbranched alkanes of at least 4 members (excludes halogenated alkanes) is 1. The Labute approximate surface area is 123 Å². The third-order valence-corrected chi connectivity index (χ3v) is 3.44. The van der Waals surface area contributed by atoms with E-state index in [9.17, 15) is 0 Å². The summed E-state index contributed by atoms with van der Waals surface area (Å²) in [7, 11) is 0. The van der Waals surface area contributed by atoms with E-state index in [4.69, 9.17) is 9.47 Å². The molecule has 0 bridgehead atoms. The van der Waals surface area contributed by atoms with Gasteiger partial charge in [-0.05, 0) is 30.9 Å². The van der Waals surface area contributed by atoms with Gasteiger partial charge in [0.1, 0.15) is 0 Å². The molecule has 112 valence electrons. The first kappa shape index (κ1) is 16.8. The maximum Gasteiger partial charge on any atom is 0.196 e. The van der Waals surface area contributed by atoms with Gasteiger partial charge in [-0.3, -0.25) is 0 Å². The van der Waals surface area contributed by atoms with Crippen molar-refractivity contribution in [3.63, 3.8) is 0 Å². The fourth-order valence-electron chi connectivity index (χ4n) is 2.00. The number of ether oxygens (including phenoxy) is 2. The van der Waals surface area contributed by atoms with Crippen molar-refractivity contribution in [1.29, 1.82) is 0 Å². The molecule has 0 N–H and O–H groups in total. The Morgan fingerprint density at radius 1 is 1.15 bits per heavy atom. The molecule has 2 heteroatoms. The van der Waals surface area contributed by atoms with E-state index in [-0.39, 0.29) is 6.29 Å². The van der Waals surface area contributed by atoms with Gasteiger partial charge in [0.15, 0.2) is 6.29 Å². The molecule has 1 aromatic rings. The highest BCUT2D eigenvalue weighted by atomic mass is 16.7. The number of rotatable bonds is 10. The summed E-state index contributed by atoms with van der Waals surface area (Å²) in [6.45, 7) is 7.19. The van der Waals surface area contributed by atoms with Crippen molar-refractivity contribution in [2.45, 2.75) is 52.7 Å². The minimum atomic E-state index is -0.189. The van der Waals surface area contributed by atoms with Crippen molar-refractivity contribution >= 4 is 6.08 Å². The minimum absolute atomic E-state index is 0.189. The highest BCUT2D eigenvalue weighted by Gasteiger charge is 2.08. The Balaban J connectivity index is 2.22. The normalized spacial score (nSPS) is 14.3. The lowest BCUT2D eigenvalue weighted by molar-refractivity contribution is -0.104. The van der Waals surface area contributed by atoms with Gasteiger partial charge >= 0.3 is 0 Å². The van der Waals surface area contributed by atoms with Crippen LogP contribution in [-0.4, -0.2) is 12.9 Å². The van der Waals surface area contributed by atoms with E-state index in [0.717, 1.165) is 12.2 Å². The molecule has 2 unspecified atom stereocenters. The van der Waals surface area contributed by atoms with Crippen LogP contribution >= 0.6 is 0 Å². The average molecular weight is 276 g/mol. The quantitative estimate of drug-likeness (QED) is 0.429. The molecule has 0 saturated carbocycles. The largest absolute Gasteiger partial charge is 0.473 e. The van der Waals surface area contributed by atoms with Crippen molar-refractivity contribution < 1.29 is 9.47 Å². The summed E-state index contributed by atoms with van der Waals surface area (Å²) in [5.74, 6) is 0.652. The molecule has 0 aliphatic heterocycles. The molecule has 0 aliphatic carbocycles. The predicted molar refractivity (Wildman–Crippen MR) is 85.3 cm³/mol. The molecule has 1 rings (SSSR count). The molecule has 2 nitrogen and oxygen atoms in total. The Kier molecular flexibility index (Phi) is 8.81. The zero-order valence-electron chi connectivity index (χ0n) is 13.0. The zero-order chi connectivity index (χ0) is 14.6. The van der Waals surface area contributed by atoms with Crippen LogP contribution in [0, 0.1) is 5.92 Å². The topological polar surface area (TPSA) is 18.5 Å². The van der Waals surface area contributed by atoms with Gasteiger partial charge in [0.25, 0.3) is 0 Å². The van der Waals surface area contributed by atoms with E-state index in [0.29, 0.717) is 5.92 Å². The Bertz CT molecular complexity index is 359. The Morgan fingerprint density at radius 2 is 1.90 bits per heavy atom. The fourth-order valence-corrected chi connectivity index (χ4v) is 2.00. The van der Waals surface area contributed by atoms with Gasteiger partial charge in [-0.25, -0.2) is 0 Å². The van der Waals surface area contributed by atoms with Gasteiger partial charge in [-0.15, -0.1) is 0 Å². The first-order chi connectivity index (χ1) is 9.76. The van der Waals surface area contributed by atoms with Gasteiger partial charge in [0, 0.05) is 0 Å². The summed E-state index contributed by atoms with van der Waals surface area (Å²) < 4.78 is 11.3. The van der Waals surface area contributed by atoms with Crippen LogP contribution in [0.2, 0.25) is 0 Å². The number of hydrogen-bond acceptors (Lipinski definition) is 2. The molecule has 0 spiro atoms. The summed E-state index contributed by atoms with van der Waals surface area (Å²) in [5, 5.41) is 0. The van der Waals surface area contributed by atoms with Crippen molar-refractivity contribution in [2.24, 2.45) is 5.92 Å². The van der Waals surface area contributed by atoms with E-state index >= 15 is 0 Å². The van der Waals surface area contributed by atoms with E-state index in [1.807, 2.05) is 43.3 Å². The SMILES string of the molecule is CCCCC(CC)COC(C)OC=Cc1ccccc1.